The van der Waals surface area contributed by atoms with Gasteiger partial charge < -0.3 is 9.73 Å². The summed E-state index contributed by atoms with van der Waals surface area (Å²) in [4.78, 5) is 16.4. The smallest absolute Gasteiger partial charge is 0.258 e. The zero-order chi connectivity index (χ0) is 16.5. The minimum atomic E-state index is -0.254. The van der Waals surface area contributed by atoms with Crippen LogP contribution in [-0.2, 0) is 0 Å². The van der Waals surface area contributed by atoms with E-state index in [1.54, 1.807) is 24.6 Å². The van der Waals surface area contributed by atoms with Gasteiger partial charge in [-0.05, 0) is 48.2 Å². The molecule has 1 saturated carbocycles. The van der Waals surface area contributed by atoms with E-state index in [2.05, 4.69) is 10.3 Å². The molecule has 0 bridgehead atoms. The molecule has 2 heterocycles. The first kappa shape index (κ1) is 15.0. The van der Waals surface area contributed by atoms with Gasteiger partial charge in [0, 0.05) is 17.8 Å². The van der Waals surface area contributed by atoms with Gasteiger partial charge in [-0.25, -0.2) is 4.98 Å². The number of hydrogen-bond donors (Lipinski definition) is 1. The molecular weight excluding hydrogens is 324 g/mol. The molecule has 1 aromatic carbocycles. The van der Waals surface area contributed by atoms with Crippen LogP contribution in [0.5, 0.6) is 0 Å². The standard InChI is InChI=1S/C19H15ClN2O2/c20-18-13(6-3-9-21-18)19(23)22-16-7-2-1-5-12(16)14-11-15(14)17-8-4-10-24-17/h1-10,14-15H,11H2,(H,22,23). The second-order valence-corrected chi connectivity index (χ2v) is 6.21. The average Bonchev–Trinajstić information content (AvgIpc) is 3.20. The van der Waals surface area contributed by atoms with E-state index in [9.17, 15) is 4.79 Å². The van der Waals surface area contributed by atoms with Gasteiger partial charge in [-0.3, -0.25) is 4.79 Å². The first-order valence-corrected chi connectivity index (χ1v) is 8.16. The summed E-state index contributed by atoms with van der Waals surface area (Å²) >= 11 is 6.01. The maximum atomic E-state index is 12.5. The molecule has 2 aromatic heterocycles. The number of carbonyl (C=O) groups excluding carboxylic acids is 1. The summed E-state index contributed by atoms with van der Waals surface area (Å²) in [5.41, 5.74) is 2.29. The number of carbonyl (C=O) groups is 1. The van der Waals surface area contributed by atoms with Crippen molar-refractivity contribution in [2.75, 3.05) is 5.32 Å². The number of rotatable bonds is 4. The van der Waals surface area contributed by atoms with Crippen molar-refractivity contribution >= 4 is 23.2 Å². The number of nitrogens with one attached hydrogen (secondary N) is 1. The molecule has 4 nitrogen and oxygen atoms in total. The zero-order valence-corrected chi connectivity index (χ0v) is 13.5. The Morgan fingerprint density at radius 2 is 2.00 bits per heavy atom. The lowest BCUT2D eigenvalue weighted by molar-refractivity contribution is 0.102. The quantitative estimate of drug-likeness (QED) is 0.692. The Morgan fingerprint density at radius 3 is 2.79 bits per heavy atom. The number of furan rings is 1. The van der Waals surface area contributed by atoms with Gasteiger partial charge in [0.05, 0.1) is 11.8 Å². The molecule has 0 spiro atoms. The van der Waals surface area contributed by atoms with E-state index in [0.29, 0.717) is 17.4 Å². The lowest BCUT2D eigenvalue weighted by atomic mass is 10.1. The second-order valence-electron chi connectivity index (χ2n) is 5.85. The number of anilines is 1. The number of para-hydroxylation sites is 1. The predicted octanol–water partition coefficient (Wildman–Crippen LogP) is 4.85. The number of nitrogens with zero attached hydrogens (tertiary/aromatic N) is 1. The summed E-state index contributed by atoms with van der Waals surface area (Å²) < 4.78 is 5.50. The molecule has 2 unspecified atom stereocenters. The number of amides is 1. The molecule has 0 radical (unpaired) electrons. The summed E-state index contributed by atoms with van der Waals surface area (Å²) in [6, 6.07) is 15.1. The Hall–Kier alpha value is -2.59. The zero-order valence-electron chi connectivity index (χ0n) is 12.8. The molecule has 120 valence electrons. The summed E-state index contributed by atoms with van der Waals surface area (Å²) in [6.07, 6.45) is 4.28. The van der Waals surface area contributed by atoms with Gasteiger partial charge in [-0.1, -0.05) is 29.8 Å². The molecule has 4 rings (SSSR count). The van der Waals surface area contributed by atoms with E-state index in [0.717, 1.165) is 23.4 Å². The van der Waals surface area contributed by atoms with Crippen LogP contribution >= 0.6 is 11.6 Å². The molecule has 0 saturated heterocycles. The monoisotopic (exact) mass is 338 g/mol. The van der Waals surface area contributed by atoms with Gasteiger partial charge in [0.15, 0.2) is 0 Å². The number of hydrogen-bond acceptors (Lipinski definition) is 3. The van der Waals surface area contributed by atoms with E-state index in [1.165, 1.54) is 0 Å². The topological polar surface area (TPSA) is 55.1 Å². The van der Waals surface area contributed by atoms with Crippen molar-refractivity contribution < 1.29 is 9.21 Å². The fourth-order valence-electron chi connectivity index (χ4n) is 3.03. The third-order valence-electron chi connectivity index (χ3n) is 4.31. The van der Waals surface area contributed by atoms with Crippen molar-refractivity contribution in [2.45, 2.75) is 18.3 Å². The third kappa shape index (κ3) is 2.81. The van der Waals surface area contributed by atoms with Gasteiger partial charge in [0.1, 0.15) is 10.9 Å². The molecule has 3 aromatic rings. The number of benzene rings is 1. The Kier molecular flexibility index (Phi) is 3.82. The molecule has 0 aliphatic heterocycles. The summed E-state index contributed by atoms with van der Waals surface area (Å²) in [6.45, 7) is 0. The highest BCUT2D eigenvalue weighted by atomic mass is 35.5. The summed E-state index contributed by atoms with van der Waals surface area (Å²) in [5.74, 6) is 1.48. The van der Waals surface area contributed by atoms with Crippen LogP contribution in [0.1, 0.15) is 39.9 Å². The normalized spacial score (nSPS) is 19.0. The highest BCUT2D eigenvalue weighted by Gasteiger charge is 2.42. The first-order chi connectivity index (χ1) is 11.7. The molecule has 5 heteroatoms. The van der Waals surface area contributed by atoms with E-state index in [1.807, 2.05) is 36.4 Å². The lowest BCUT2D eigenvalue weighted by Gasteiger charge is -2.11. The average molecular weight is 339 g/mol. The van der Waals surface area contributed by atoms with E-state index in [4.69, 9.17) is 16.0 Å². The van der Waals surface area contributed by atoms with Crippen LogP contribution < -0.4 is 5.32 Å². The molecule has 24 heavy (non-hydrogen) atoms. The fourth-order valence-corrected chi connectivity index (χ4v) is 3.24. The van der Waals surface area contributed by atoms with Crippen LogP contribution in [-0.4, -0.2) is 10.9 Å². The van der Waals surface area contributed by atoms with Crippen LogP contribution in [0.3, 0.4) is 0 Å². The predicted molar refractivity (Wildman–Crippen MR) is 92.4 cm³/mol. The summed E-state index contributed by atoms with van der Waals surface area (Å²) in [7, 11) is 0. The lowest BCUT2D eigenvalue weighted by Crippen LogP contribution is -2.14. The van der Waals surface area contributed by atoms with Crippen molar-refractivity contribution in [1.29, 1.82) is 0 Å². The molecule has 1 aliphatic carbocycles. The third-order valence-corrected chi connectivity index (χ3v) is 4.61. The molecule has 1 N–H and O–H groups in total. The largest absolute Gasteiger partial charge is 0.469 e. The Labute approximate surface area is 144 Å². The Morgan fingerprint density at radius 1 is 1.12 bits per heavy atom. The molecule has 1 fully saturated rings. The van der Waals surface area contributed by atoms with Crippen molar-refractivity contribution in [2.24, 2.45) is 0 Å². The Balaban J connectivity index is 1.57. The second kappa shape index (κ2) is 6.13. The van der Waals surface area contributed by atoms with Crippen LogP contribution in [0.25, 0.3) is 0 Å². The first-order valence-electron chi connectivity index (χ1n) is 7.78. The van der Waals surface area contributed by atoms with E-state index in [-0.39, 0.29) is 11.1 Å². The van der Waals surface area contributed by atoms with Gasteiger partial charge in [0.2, 0.25) is 0 Å². The van der Waals surface area contributed by atoms with Crippen molar-refractivity contribution in [3.05, 3.63) is 83.0 Å². The highest BCUT2D eigenvalue weighted by molar-refractivity contribution is 6.33. The highest BCUT2D eigenvalue weighted by Crippen LogP contribution is 2.56. The van der Waals surface area contributed by atoms with Crippen LogP contribution in [0.4, 0.5) is 5.69 Å². The van der Waals surface area contributed by atoms with Gasteiger partial charge in [-0.2, -0.15) is 0 Å². The molecule has 1 aliphatic rings. The van der Waals surface area contributed by atoms with E-state index < -0.39 is 0 Å². The van der Waals surface area contributed by atoms with Gasteiger partial charge in [-0.15, -0.1) is 0 Å². The fraction of sp³-hybridized carbons (Fsp3) is 0.158. The minimum absolute atomic E-state index is 0.201. The maximum absolute atomic E-state index is 12.5. The van der Waals surface area contributed by atoms with Gasteiger partial charge in [0.25, 0.3) is 5.91 Å². The Bertz CT molecular complexity index is 877. The summed E-state index contributed by atoms with van der Waals surface area (Å²) in [5, 5.41) is 3.16. The van der Waals surface area contributed by atoms with Crippen molar-refractivity contribution in [3.63, 3.8) is 0 Å². The number of aromatic nitrogens is 1. The van der Waals surface area contributed by atoms with Crippen molar-refractivity contribution in [1.82, 2.24) is 4.98 Å². The number of halogens is 1. The number of pyridine rings is 1. The molecular formula is C19H15ClN2O2. The van der Waals surface area contributed by atoms with Crippen molar-refractivity contribution in [3.8, 4) is 0 Å². The van der Waals surface area contributed by atoms with Crippen LogP contribution in [0, 0.1) is 0 Å². The maximum Gasteiger partial charge on any atom is 0.258 e. The van der Waals surface area contributed by atoms with Crippen LogP contribution in [0.2, 0.25) is 5.15 Å². The molecule has 2 atom stereocenters. The SMILES string of the molecule is O=C(Nc1ccccc1C1CC1c1ccco1)c1cccnc1Cl. The van der Waals surface area contributed by atoms with Crippen LogP contribution in [0.15, 0.2) is 65.4 Å². The van der Waals surface area contributed by atoms with Gasteiger partial charge >= 0.3 is 0 Å². The minimum Gasteiger partial charge on any atom is -0.469 e. The van der Waals surface area contributed by atoms with E-state index >= 15 is 0 Å². The molecule has 1 amide bonds.